The summed E-state index contributed by atoms with van der Waals surface area (Å²) in [4.78, 5) is 0. The Balaban J connectivity index is 1.56. The third-order valence-electron chi connectivity index (χ3n) is 9.46. The van der Waals surface area contributed by atoms with Gasteiger partial charge in [0.05, 0.1) is 12.2 Å². The van der Waals surface area contributed by atoms with Crippen LogP contribution in [0.3, 0.4) is 0 Å². The molecule has 0 aromatic rings. The van der Waals surface area contributed by atoms with Gasteiger partial charge >= 0.3 is 0 Å². The maximum Gasteiger partial charge on any atom is 0.0624 e. The lowest BCUT2D eigenvalue weighted by molar-refractivity contribution is -0.134. The zero-order chi connectivity index (χ0) is 17.8. The van der Waals surface area contributed by atoms with E-state index in [1.807, 2.05) is 0 Å². The molecule has 0 aliphatic heterocycles. The molecule has 0 bridgehead atoms. The number of alkyl halides is 1. The molecule has 4 aliphatic rings. The molecule has 0 spiro atoms. The fourth-order valence-corrected chi connectivity index (χ4v) is 8.16. The molecule has 4 aliphatic carbocycles. The number of rotatable bonds is 3. The second-order valence-electron chi connectivity index (χ2n) is 10.4. The molecule has 9 atom stereocenters. The normalized spacial score (nSPS) is 55.3. The molecular weight excluding hydrogens is 332 g/mol. The Morgan fingerprint density at radius 2 is 1.68 bits per heavy atom. The summed E-state index contributed by atoms with van der Waals surface area (Å²) >= 11 is 5.93. The Labute approximate surface area is 158 Å². The monoisotopic (exact) mass is 368 g/mol. The summed E-state index contributed by atoms with van der Waals surface area (Å²) in [5.41, 5.74) is 0.568. The Bertz CT molecular complexity index is 496. The molecule has 144 valence electrons. The van der Waals surface area contributed by atoms with Crippen LogP contribution in [-0.2, 0) is 0 Å². The molecule has 0 radical (unpaired) electrons. The van der Waals surface area contributed by atoms with Gasteiger partial charge in [0.15, 0.2) is 0 Å². The first-order valence-corrected chi connectivity index (χ1v) is 11.4. The van der Waals surface area contributed by atoms with Crippen LogP contribution >= 0.6 is 11.6 Å². The van der Waals surface area contributed by atoms with Crippen molar-refractivity contribution in [2.45, 2.75) is 90.3 Å². The first-order valence-electron chi connectivity index (χ1n) is 10.8. The molecule has 4 rings (SSSR count). The van der Waals surface area contributed by atoms with Gasteiger partial charge in [0, 0.05) is 5.88 Å². The lowest BCUT2D eigenvalue weighted by Crippen LogP contribution is -2.54. The molecular formula is C22H37ClO2. The molecule has 3 heteroatoms. The average molecular weight is 369 g/mol. The first kappa shape index (κ1) is 18.6. The maximum absolute atomic E-state index is 11.1. The Hall–Kier alpha value is 0.210. The predicted molar refractivity (Wildman–Crippen MR) is 103 cm³/mol. The van der Waals surface area contributed by atoms with Gasteiger partial charge in [0.2, 0.25) is 0 Å². The second-order valence-corrected chi connectivity index (χ2v) is 10.8. The summed E-state index contributed by atoms with van der Waals surface area (Å²) < 4.78 is 0. The topological polar surface area (TPSA) is 40.5 Å². The summed E-state index contributed by atoms with van der Waals surface area (Å²) in [6.07, 6.45) is 11.5. The summed E-state index contributed by atoms with van der Waals surface area (Å²) in [5.74, 6) is 4.22. The van der Waals surface area contributed by atoms with Gasteiger partial charge in [-0.2, -0.15) is 0 Å². The van der Waals surface area contributed by atoms with Crippen molar-refractivity contribution in [1.29, 1.82) is 0 Å². The minimum Gasteiger partial charge on any atom is -0.393 e. The Morgan fingerprint density at radius 1 is 0.920 bits per heavy atom. The summed E-state index contributed by atoms with van der Waals surface area (Å²) in [5, 5.41) is 21.3. The van der Waals surface area contributed by atoms with Crippen LogP contribution in [0.15, 0.2) is 0 Å². The van der Waals surface area contributed by atoms with E-state index in [-0.39, 0.29) is 17.6 Å². The highest BCUT2D eigenvalue weighted by Crippen LogP contribution is 2.67. The van der Waals surface area contributed by atoms with E-state index in [2.05, 4.69) is 13.8 Å². The molecule has 2 N–H and O–H groups in total. The third-order valence-corrected chi connectivity index (χ3v) is 9.73. The van der Waals surface area contributed by atoms with Crippen molar-refractivity contribution in [2.75, 3.05) is 5.88 Å². The van der Waals surface area contributed by atoms with Crippen LogP contribution in [-0.4, -0.2) is 28.3 Å². The van der Waals surface area contributed by atoms with Gasteiger partial charge < -0.3 is 10.2 Å². The summed E-state index contributed by atoms with van der Waals surface area (Å²) in [7, 11) is 0. The fourth-order valence-electron chi connectivity index (χ4n) is 8.00. The number of halogens is 1. The van der Waals surface area contributed by atoms with Crippen LogP contribution in [0, 0.1) is 40.4 Å². The van der Waals surface area contributed by atoms with Gasteiger partial charge in [0.25, 0.3) is 0 Å². The molecule has 0 aromatic heterocycles. The van der Waals surface area contributed by atoms with Crippen LogP contribution in [0.4, 0.5) is 0 Å². The molecule has 25 heavy (non-hydrogen) atoms. The molecule has 0 heterocycles. The molecule has 0 amide bonds. The largest absolute Gasteiger partial charge is 0.393 e. The van der Waals surface area contributed by atoms with Gasteiger partial charge in [-0.05, 0) is 105 Å². The number of hydrogen-bond acceptors (Lipinski definition) is 2. The standard InChI is InChI=1S/C22H37ClO2/c1-21-9-7-16(24)13-15(21)5-6-17-18(21)8-10-22(2)19(17)12-14(20(22)25)4-3-11-23/h14-20,24-25H,3-13H2,1-2H3/t14-,15?,16-,17?,18?,19?,20+,21+,22+/m1/s1. The van der Waals surface area contributed by atoms with Crippen LogP contribution in [0.25, 0.3) is 0 Å². The molecule has 0 saturated heterocycles. The van der Waals surface area contributed by atoms with Crippen molar-refractivity contribution in [2.24, 2.45) is 40.4 Å². The lowest BCUT2D eigenvalue weighted by atomic mass is 9.45. The van der Waals surface area contributed by atoms with Crippen LogP contribution in [0.2, 0.25) is 0 Å². The fraction of sp³-hybridized carbons (Fsp3) is 1.00. The van der Waals surface area contributed by atoms with Crippen LogP contribution in [0.1, 0.15) is 78.1 Å². The van der Waals surface area contributed by atoms with E-state index in [1.54, 1.807) is 0 Å². The quantitative estimate of drug-likeness (QED) is 0.688. The van der Waals surface area contributed by atoms with E-state index in [0.717, 1.165) is 49.3 Å². The highest BCUT2D eigenvalue weighted by Gasteiger charge is 2.61. The number of aliphatic hydroxyl groups excluding tert-OH is 2. The van der Waals surface area contributed by atoms with Crippen LogP contribution < -0.4 is 0 Å². The summed E-state index contributed by atoms with van der Waals surface area (Å²) in [6.45, 7) is 4.93. The minimum atomic E-state index is -0.125. The smallest absolute Gasteiger partial charge is 0.0624 e. The van der Waals surface area contributed by atoms with Crippen molar-refractivity contribution in [1.82, 2.24) is 0 Å². The van der Waals surface area contributed by atoms with Gasteiger partial charge in [-0.1, -0.05) is 13.8 Å². The minimum absolute atomic E-state index is 0.0586. The highest BCUT2D eigenvalue weighted by atomic mass is 35.5. The van der Waals surface area contributed by atoms with Crippen molar-refractivity contribution in [3.05, 3.63) is 0 Å². The van der Waals surface area contributed by atoms with Gasteiger partial charge in [-0.25, -0.2) is 0 Å². The lowest BCUT2D eigenvalue weighted by Gasteiger charge is -2.60. The van der Waals surface area contributed by atoms with Crippen molar-refractivity contribution in [3.63, 3.8) is 0 Å². The zero-order valence-electron chi connectivity index (χ0n) is 16.1. The number of aliphatic hydroxyl groups is 2. The van der Waals surface area contributed by atoms with E-state index in [4.69, 9.17) is 11.6 Å². The molecule has 0 aromatic carbocycles. The molecule has 2 nitrogen and oxygen atoms in total. The molecule has 4 unspecified atom stereocenters. The molecule has 4 saturated carbocycles. The van der Waals surface area contributed by atoms with Gasteiger partial charge in [-0.3, -0.25) is 0 Å². The SMILES string of the molecule is C[C@]12CC[C@@H](O)CC1CCC1C2CC[C@@]2(C)C1C[C@@H](CCCCl)[C@@H]2O. The maximum atomic E-state index is 11.1. The van der Waals surface area contributed by atoms with Gasteiger partial charge in [0.1, 0.15) is 0 Å². The van der Waals surface area contributed by atoms with E-state index < -0.39 is 0 Å². The van der Waals surface area contributed by atoms with Crippen molar-refractivity contribution < 1.29 is 10.2 Å². The highest BCUT2D eigenvalue weighted by molar-refractivity contribution is 6.17. The predicted octanol–water partition coefficient (Wildman–Crippen LogP) is 5.00. The van der Waals surface area contributed by atoms with E-state index in [1.165, 1.54) is 38.5 Å². The van der Waals surface area contributed by atoms with E-state index in [0.29, 0.717) is 17.3 Å². The Morgan fingerprint density at radius 3 is 2.44 bits per heavy atom. The van der Waals surface area contributed by atoms with E-state index in [9.17, 15) is 10.2 Å². The van der Waals surface area contributed by atoms with E-state index >= 15 is 0 Å². The number of fused-ring (bicyclic) bond motifs is 5. The average Bonchev–Trinajstić information content (AvgIpc) is 2.85. The van der Waals surface area contributed by atoms with Crippen molar-refractivity contribution in [3.8, 4) is 0 Å². The van der Waals surface area contributed by atoms with Crippen LogP contribution in [0.5, 0.6) is 0 Å². The Kier molecular flexibility index (Phi) is 4.96. The first-order chi connectivity index (χ1) is 11.9. The van der Waals surface area contributed by atoms with Gasteiger partial charge in [-0.15, -0.1) is 11.6 Å². The molecule has 4 fully saturated rings. The van der Waals surface area contributed by atoms with Crippen molar-refractivity contribution >= 4 is 11.6 Å². The third kappa shape index (κ3) is 2.81. The summed E-state index contributed by atoms with van der Waals surface area (Å²) in [6, 6.07) is 0. The second kappa shape index (κ2) is 6.67. The number of hydrogen-bond donors (Lipinski definition) is 2. The zero-order valence-corrected chi connectivity index (χ0v) is 16.8.